The van der Waals surface area contributed by atoms with Crippen molar-refractivity contribution in [2.45, 2.75) is 44.2 Å². The highest BCUT2D eigenvalue weighted by Crippen LogP contribution is 2.43. The highest BCUT2D eigenvalue weighted by atomic mass is 32.2. The number of hydrogen-bond acceptors (Lipinski definition) is 4. The number of nitrogens with zero attached hydrogens (tertiary/aromatic N) is 1. The van der Waals surface area contributed by atoms with Crippen LogP contribution in [0.5, 0.6) is 0 Å². The van der Waals surface area contributed by atoms with Crippen molar-refractivity contribution in [3.05, 3.63) is 29.6 Å². The zero-order chi connectivity index (χ0) is 14.7. The van der Waals surface area contributed by atoms with Crippen molar-refractivity contribution < 1.29 is 4.74 Å². The van der Waals surface area contributed by atoms with Gasteiger partial charge in [-0.3, -0.25) is 4.98 Å². The molecule has 1 N–H and O–H groups in total. The first-order valence-electron chi connectivity index (χ1n) is 8.04. The van der Waals surface area contributed by atoms with Gasteiger partial charge in [0.05, 0.1) is 5.60 Å². The van der Waals surface area contributed by atoms with Crippen molar-refractivity contribution in [2.24, 2.45) is 5.92 Å². The van der Waals surface area contributed by atoms with Gasteiger partial charge >= 0.3 is 0 Å². The Labute approximate surface area is 132 Å². The van der Waals surface area contributed by atoms with Crippen molar-refractivity contribution >= 4 is 11.8 Å². The number of rotatable bonds is 3. The number of pyridine rings is 1. The Morgan fingerprint density at radius 2 is 2.24 bits per heavy atom. The van der Waals surface area contributed by atoms with Gasteiger partial charge in [0.25, 0.3) is 0 Å². The Hall–Kier alpha value is -0.580. The number of aryl methyl sites for hydroxylation is 1. The maximum atomic E-state index is 6.24. The summed E-state index contributed by atoms with van der Waals surface area (Å²) in [7, 11) is 2.08. The molecule has 2 atom stereocenters. The third kappa shape index (κ3) is 3.27. The van der Waals surface area contributed by atoms with Crippen molar-refractivity contribution in [1.82, 2.24) is 10.3 Å². The molecule has 0 aromatic carbocycles. The summed E-state index contributed by atoms with van der Waals surface area (Å²) < 4.78 is 6.24. The normalized spacial score (nSPS) is 26.7. The molecular weight excluding hydrogens is 280 g/mol. The van der Waals surface area contributed by atoms with Gasteiger partial charge in [-0.15, -0.1) is 0 Å². The van der Waals surface area contributed by atoms with Crippen LogP contribution in [0.1, 0.15) is 42.9 Å². The average molecular weight is 306 g/mol. The molecule has 3 nitrogen and oxygen atoms in total. The first-order valence-corrected chi connectivity index (χ1v) is 9.19. The second-order valence-corrected chi connectivity index (χ2v) is 7.62. The van der Waals surface area contributed by atoms with E-state index in [2.05, 4.69) is 42.1 Å². The molecule has 0 amide bonds. The van der Waals surface area contributed by atoms with Crippen molar-refractivity contribution in [3.8, 4) is 0 Å². The van der Waals surface area contributed by atoms with E-state index in [1.807, 2.05) is 12.4 Å². The van der Waals surface area contributed by atoms with Crippen LogP contribution < -0.4 is 5.32 Å². The number of ether oxygens (including phenoxy) is 1. The predicted octanol–water partition coefficient (Wildman–Crippen LogP) is 3.34. The predicted molar refractivity (Wildman–Crippen MR) is 88.7 cm³/mol. The molecule has 1 aromatic rings. The summed E-state index contributed by atoms with van der Waals surface area (Å²) in [5.41, 5.74) is 2.84. The minimum absolute atomic E-state index is 0.152. The molecule has 2 unspecified atom stereocenters. The Balaban J connectivity index is 1.79. The molecule has 2 aliphatic heterocycles. The van der Waals surface area contributed by atoms with E-state index in [1.165, 1.54) is 41.9 Å². The van der Waals surface area contributed by atoms with E-state index < -0.39 is 0 Å². The second-order valence-electron chi connectivity index (χ2n) is 6.40. The smallest absolute Gasteiger partial charge is 0.0701 e. The molecule has 0 aliphatic carbocycles. The van der Waals surface area contributed by atoms with Gasteiger partial charge in [0.15, 0.2) is 0 Å². The zero-order valence-electron chi connectivity index (χ0n) is 13.1. The van der Waals surface area contributed by atoms with E-state index in [-0.39, 0.29) is 5.60 Å². The van der Waals surface area contributed by atoms with Gasteiger partial charge in [-0.05, 0) is 74.3 Å². The molecule has 1 spiro atoms. The summed E-state index contributed by atoms with van der Waals surface area (Å²) in [6, 6.07) is 2.51. The Morgan fingerprint density at radius 3 is 2.95 bits per heavy atom. The van der Waals surface area contributed by atoms with Crippen LogP contribution in [0.15, 0.2) is 18.5 Å². The highest BCUT2D eigenvalue weighted by Gasteiger charge is 2.41. The molecule has 116 valence electrons. The average Bonchev–Trinajstić information content (AvgIpc) is 2.51. The largest absolute Gasteiger partial charge is 0.375 e. The van der Waals surface area contributed by atoms with E-state index in [4.69, 9.17) is 4.74 Å². The van der Waals surface area contributed by atoms with Crippen LogP contribution in [0.4, 0.5) is 0 Å². The maximum absolute atomic E-state index is 6.24. The fraction of sp³-hybridized carbons (Fsp3) is 0.706. The molecule has 0 saturated carbocycles. The Bertz CT molecular complexity index is 468. The minimum atomic E-state index is 0.152. The highest BCUT2D eigenvalue weighted by molar-refractivity contribution is 7.99. The second kappa shape index (κ2) is 6.67. The SMILES string of the molecule is CNC(c1cnccc1C)C1CCOC2(CCSCC2)C1. The summed E-state index contributed by atoms with van der Waals surface area (Å²) in [6.07, 6.45) is 8.69. The van der Waals surface area contributed by atoms with Gasteiger partial charge in [-0.1, -0.05) is 0 Å². The lowest BCUT2D eigenvalue weighted by Crippen LogP contribution is -2.45. The third-order valence-electron chi connectivity index (χ3n) is 5.13. The van der Waals surface area contributed by atoms with Crippen LogP contribution in [-0.4, -0.2) is 35.7 Å². The molecular formula is C17H26N2OS. The number of thioether (sulfide) groups is 1. The molecule has 0 bridgehead atoms. The molecule has 1 aromatic heterocycles. The van der Waals surface area contributed by atoms with Gasteiger partial charge in [-0.2, -0.15) is 11.8 Å². The summed E-state index contributed by atoms with van der Waals surface area (Å²) in [5.74, 6) is 3.15. The molecule has 3 heterocycles. The van der Waals surface area contributed by atoms with Crippen LogP contribution in [0, 0.1) is 12.8 Å². The molecule has 4 heteroatoms. The van der Waals surface area contributed by atoms with Crippen LogP contribution in [0.3, 0.4) is 0 Å². The van der Waals surface area contributed by atoms with Crippen LogP contribution in [0.25, 0.3) is 0 Å². The standard InChI is InChI=1S/C17H26N2OS/c1-13-3-7-19-12-15(13)16(18-2)14-4-8-20-17(11-14)5-9-21-10-6-17/h3,7,12,14,16,18H,4-6,8-11H2,1-2H3. The first kappa shape index (κ1) is 15.3. The van der Waals surface area contributed by atoms with Crippen molar-refractivity contribution in [2.75, 3.05) is 25.2 Å². The minimum Gasteiger partial charge on any atom is -0.375 e. The lowest BCUT2D eigenvalue weighted by Gasteiger charge is -2.45. The number of nitrogens with one attached hydrogen (secondary N) is 1. The van der Waals surface area contributed by atoms with Gasteiger partial charge in [-0.25, -0.2) is 0 Å². The van der Waals surface area contributed by atoms with Crippen LogP contribution in [0.2, 0.25) is 0 Å². The first-order chi connectivity index (χ1) is 10.2. The van der Waals surface area contributed by atoms with Gasteiger partial charge in [0.2, 0.25) is 0 Å². The lowest BCUT2D eigenvalue weighted by atomic mass is 9.76. The molecule has 2 fully saturated rings. The quantitative estimate of drug-likeness (QED) is 0.929. The van der Waals surface area contributed by atoms with E-state index >= 15 is 0 Å². The van der Waals surface area contributed by atoms with Gasteiger partial charge in [0.1, 0.15) is 0 Å². The Kier molecular flexibility index (Phi) is 4.87. The fourth-order valence-corrected chi connectivity index (χ4v) is 5.13. The zero-order valence-corrected chi connectivity index (χ0v) is 13.9. The van der Waals surface area contributed by atoms with Crippen LogP contribution >= 0.6 is 11.8 Å². The van der Waals surface area contributed by atoms with E-state index in [0.717, 1.165) is 13.0 Å². The monoisotopic (exact) mass is 306 g/mol. The maximum Gasteiger partial charge on any atom is 0.0701 e. The Morgan fingerprint density at radius 1 is 1.43 bits per heavy atom. The topological polar surface area (TPSA) is 34.2 Å². The summed E-state index contributed by atoms with van der Waals surface area (Å²) in [5, 5.41) is 3.55. The fourth-order valence-electron chi connectivity index (χ4n) is 3.89. The molecule has 2 saturated heterocycles. The van der Waals surface area contributed by atoms with E-state index in [0.29, 0.717) is 12.0 Å². The molecule has 0 radical (unpaired) electrons. The van der Waals surface area contributed by atoms with Gasteiger partial charge in [0, 0.05) is 25.0 Å². The lowest BCUT2D eigenvalue weighted by molar-refractivity contribution is -0.107. The molecule has 21 heavy (non-hydrogen) atoms. The summed E-state index contributed by atoms with van der Waals surface area (Å²) in [4.78, 5) is 4.34. The van der Waals surface area contributed by atoms with E-state index in [1.54, 1.807) is 0 Å². The third-order valence-corrected chi connectivity index (χ3v) is 6.12. The van der Waals surface area contributed by atoms with Crippen LogP contribution in [-0.2, 0) is 4.74 Å². The summed E-state index contributed by atoms with van der Waals surface area (Å²) >= 11 is 2.07. The molecule has 2 aliphatic rings. The number of aromatic nitrogens is 1. The van der Waals surface area contributed by atoms with E-state index in [9.17, 15) is 0 Å². The molecule has 3 rings (SSSR count). The van der Waals surface area contributed by atoms with Gasteiger partial charge < -0.3 is 10.1 Å². The summed E-state index contributed by atoms with van der Waals surface area (Å²) in [6.45, 7) is 3.10. The van der Waals surface area contributed by atoms with Crippen molar-refractivity contribution in [1.29, 1.82) is 0 Å². The number of hydrogen-bond donors (Lipinski definition) is 1. The van der Waals surface area contributed by atoms with Crippen molar-refractivity contribution in [3.63, 3.8) is 0 Å².